The molecule has 152 valence electrons. The van der Waals surface area contributed by atoms with Crippen LogP contribution in [0.15, 0.2) is 53.5 Å². The number of amidine groups is 1. The molecule has 2 atom stereocenters. The number of nitrogens with one attached hydrogen (secondary N) is 1. The Hall–Kier alpha value is -2.46. The summed E-state index contributed by atoms with van der Waals surface area (Å²) in [6.07, 6.45) is 0. The lowest BCUT2D eigenvalue weighted by Gasteiger charge is -2.24. The van der Waals surface area contributed by atoms with Crippen LogP contribution in [0.5, 0.6) is 0 Å². The minimum atomic E-state index is -3.10. The summed E-state index contributed by atoms with van der Waals surface area (Å²) in [5.41, 5.74) is 1.01. The van der Waals surface area contributed by atoms with Gasteiger partial charge in [-0.25, -0.2) is 17.2 Å². The van der Waals surface area contributed by atoms with Crippen molar-refractivity contribution in [1.29, 1.82) is 0 Å². The number of rotatable bonds is 4. The van der Waals surface area contributed by atoms with E-state index in [0.717, 1.165) is 0 Å². The average Bonchev–Trinajstić information content (AvgIpc) is 3.16. The molecule has 1 N–H and O–H groups in total. The van der Waals surface area contributed by atoms with Gasteiger partial charge in [-0.3, -0.25) is 9.79 Å². The minimum Gasteiger partial charge on any atom is -0.325 e. The molecule has 0 saturated carbocycles. The molecule has 2 aromatic carbocycles. The minimum absolute atomic E-state index is 0.00675. The van der Waals surface area contributed by atoms with E-state index >= 15 is 0 Å². The van der Waals surface area contributed by atoms with Gasteiger partial charge in [-0.05, 0) is 48.5 Å². The molecule has 0 aliphatic carbocycles. The maximum absolute atomic E-state index is 13.4. The molecule has 2 heterocycles. The van der Waals surface area contributed by atoms with Crippen LogP contribution in [-0.2, 0) is 14.6 Å². The van der Waals surface area contributed by atoms with Crippen molar-refractivity contribution in [2.45, 2.75) is 11.3 Å². The van der Waals surface area contributed by atoms with Crippen LogP contribution in [0.3, 0.4) is 0 Å². The number of aliphatic imine (C=N–C) groups is 1. The highest BCUT2D eigenvalue weighted by molar-refractivity contribution is 8.15. The van der Waals surface area contributed by atoms with Crippen molar-refractivity contribution in [3.05, 3.63) is 60.2 Å². The second-order valence-electron chi connectivity index (χ2n) is 6.83. The Balaban J connectivity index is 1.55. The highest BCUT2D eigenvalue weighted by Crippen LogP contribution is 2.36. The van der Waals surface area contributed by atoms with E-state index in [1.54, 1.807) is 4.90 Å². The fourth-order valence-corrected chi connectivity index (χ4v) is 7.02. The summed E-state index contributed by atoms with van der Waals surface area (Å²) in [4.78, 5) is 18.7. The number of carbonyl (C=O) groups excluding carboxylic acids is 1. The molecule has 0 unspecified atom stereocenters. The van der Waals surface area contributed by atoms with Crippen LogP contribution in [0.4, 0.5) is 20.2 Å². The maximum Gasteiger partial charge on any atom is 0.244 e. The number of sulfone groups is 1. The van der Waals surface area contributed by atoms with Gasteiger partial charge >= 0.3 is 0 Å². The third kappa shape index (κ3) is 4.59. The van der Waals surface area contributed by atoms with Gasteiger partial charge in [0, 0.05) is 16.6 Å². The maximum atomic E-state index is 13.4. The monoisotopic (exact) mass is 437 g/mol. The first-order valence-corrected chi connectivity index (χ1v) is 11.5. The molecule has 10 heteroatoms. The van der Waals surface area contributed by atoms with Gasteiger partial charge in [0.2, 0.25) is 5.91 Å². The summed E-state index contributed by atoms with van der Waals surface area (Å²) in [5, 5.41) is 3.03. The zero-order valence-corrected chi connectivity index (χ0v) is 16.7. The molecule has 2 aliphatic rings. The Morgan fingerprint density at radius 3 is 2.31 bits per heavy atom. The molecule has 4 rings (SSSR count). The highest BCUT2D eigenvalue weighted by atomic mass is 32.2. The number of thioether (sulfide) groups is 1. The first-order valence-electron chi connectivity index (χ1n) is 8.82. The summed E-state index contributed by atoms with van der Waals surface area (Å²) < 4.78 is 50.0. The van der Waals surface area contributed by atoms with Gasteiger partial charge < -0.3 is 10.2 Å². The van der Waals surface area contributed by atoms with Crippen LogP contribution in [0.2, 0.25) is 0 Å². The Morgan fingerprint density at radius 1 is 1.07 bits per heavy atom. The number of anilines is 2. The predicted molar refractivity (Wildman–Crippen MR) is 110 cm³/mol. The van der Waals surface area contributed by atoms with Crippen molar-refractivity contribution in [3.63, 3.8) is 0 Å². The number of carbonyl (C=O) groups is 1. The van der Waals surface area contributed by atoms with Crippen molar-refractivity contribution < 1.29 is 22.0 Å². The molecule has 2 aliphatic heterocycles. The largest absolute Gasteiger partial charge is 0.325 e. The molecular weight excluding hydrogens is 420 g/mol. The first kappa shape index (κ1) is 19.8. The molecule has 0 aromatic heterocycles. The zero-order valence-electron chi connectivity index (χ0n) is 15.1. The molecule has 1 fully saturated rings. The average molecular weight is 437 g/mol. The zero-order chi connectivity index (χ0) is 20.6. The molecule has 29 heavy (non-hydrogen) atoms. The smallest absolute Gasteiger partial charge is 0.244 e. The second kappa shape index (κ2) is 7.75. The van der Waals surface area contributed by atoms with Crippen molar-refractivity contribution in [1.82, 2.24) is 0 Å². The standard InChI is InChI=1S/C19H17F2N3O3S2/c20-12-1-5-14(6-2-12)22-18(25)9-24(15-7-3-13(21)4-8-15)19-23-16-10-29(26,27)11-17(16)28-19/h1-8,16-17H,9-11H2,(H,22,25)/t16-,17+/m0/s1. The van der Waals surface area contributed by atoms with E-state index in [-0.39, 0.29) is 35.2 Å². The van der Waals surface area contributed by atoms with E-state index in [2.05, 4.69) is 10.3 Å². The van der Waals surface area contributed by atoms with Crippen molar-refractivity contribution in [2.24, 2.45) is 4.99 Å². The summed E-state index contributed by atoms with van der Waals surface area (Å²) in [7, 11) is -3.10. The number of benzene rings is 2. The van der Waals surface area contributed by atoms with Gasteiger partial charge in [0.25, 0.3) is 0 Å². The van der Waals surface area contributed by atoms with Gasteiger partial charge in [-0.15, -0.1) is 0 Å². The van der Waals surface area contributed by atoms with E-state index in [1.807, 2.05) is 0 Å². The normalized spacial score (nSPS) is 22.1. The number of halogens is 2. The summed E-state index contributed by atoms with van der Waals surface area (Å²) >= 11 is 1.31. The number of hydrogen-bond donors (Lipinski definition) is 1. The van der Waals surface area contributed by atoms with Gasteiger partial charge in [0.05, 0.1) is 17.5 Å². The van der Waals surface area contributed by atoms with Crippen LogP contribution >= 0.6 is 11.8 Å². The fourth-order valence-electron chi connectivity index (χ4n) is 3.24. The third-order valence-corrected chi connectivity index (χ3v) is 7.85. The number of hydrogen-bond acceptors (Lipinski definition) is 6. The van der Waals surface area contributed by atoms with E-state index in [1.165, 1.54) is 60.3 Å². The molecule has 0 bridgehead atoms. The van der Waals surface area contributed by atoms with Gasteiger partial charge in [-0.1, -0.05) is 11.8 Å². The molecule has 1 amide bonds. The lowest BCUT2D eigenvalue weighted by molar-refractivity contribution is -0.114. The summed E-state index contributed by atoms with van der Waals surface area (Å²) in [6, 6.07) is 10.7. The number of amides is 1. The van der Waals surface area contributed by atoms with Crippen LogP contribution < -0.4 is 10.2 Å². The Kier molecular flexibility index (Phi) is 5.30. The van der Waals surface area contributed by atoms with E-state index < -0.39 is 21.5 Å². The van der Waals surface area contributed by atoms with E-state index in [0.29, 0.717) is 16.5 Å². The molecule has 1 saturated heterocycles. The van der Waals surface area contributed by atoms with Crippen LogP contribution in [0.25, 0.3) is 0 Å². The lowest BCUT2D eigenvalue weighted by atomic mass is 10.2. The Labute approximate surface area is 170 Å². The Morgan fingerprint density at radius 2 is 1.69 bits per heavy atom. The topological polar surface area (TPSA) is 78.8 Å². The lowest BCUT2D eigenvalue weighted by Crippen LogP contribution is -2.36. The first-order chi connectivity index (χ1) is 13.8. The molecular formula is C19H17F2N3O3S2. The van der Waals surface area contributed by atoms with Gasteiger partial charge in [0.15, 0.2) is 15.0 Å². The SMILES string of the molecule is O=C(CN(C1=N[C@H]2CS(=O)(=O)C[C@H]2S1)c1ccc(F)cc1)Nc1ccc(F)cc1. The molecule has 0 spiro atoms. The second-order valence-corrected chi connectivity index (χ2v) is 10.2. The van der Waals surface area contributed by atoms with Crippen molar-refractivity contribution in [2.75, 3.05) is 28.3 Å². The number of nitrogens with zero attached hydrogens (tertiary/aromatic N) is 2. The van der Waals surface area contributed by atoms with Crippen LogP contribution in [0, 0.1) is 11.6 Å². The molecule has 0 radical (unpaired) electrons. The Bertz CT molecular complexity index is 1060. The fraction of sp³-hybridized carbons (Fsp3) is 0.263. The van der Waals surface area contributed by atoms with Crippen LogP contribution in [0.1, 0.15) is 0 Å². The third-order valence-electron chi connectivity index (χ3n) is 4.60. The van der Waals surface area contributed by atoms with Gasteiger partial charge in [-0.2, -0.15) is 0 Å². The van der Waals surface area contributed by atoms with Crippen molar-refractivity contribution in [3.8, 4) is 0 Å². The molecule has 2 aromatic rings. The summed E-state index contributed by atoms with van der Waals surface area (Å²) in [6.45, 7) is -0.110. The van der Waals surface area contributed by atoms with E-state index in [4.69, 9.17) is 0 Å². The van der Waals surface area contributed by atoms with E-state index in [9.17, 15) is 22.0 Å². The molecule has 6 nitrogen and oxygen atoms in total. The summed E-state index contributed by atoms with van der Waals surface area (Å²) in [5.74, 6) is -1.14. The van der Waals surface area contributed by atoms with Crippen molar-refractivity contribution >= 4 is 44.0 Å². The predicted octanol–water partition coefficient (Wildman–Crippen LogP) is 2.68. The van der Waals surface area contributed by atoms with Crippen LogP contribution in [-0.4, -0.2) is 48.8 Å². The quantitative estimate of drug-likeness (QED) is 0.796. The van der Waals surface area contributed by atoms with Gasteiger partial charge in [0.1, 0.15) is 18.2 Å². The highest BCUT2D eigenvalue weighted by Gasteiger charge is 2.44. The number of fused-ring (bicyclic) bond motifs is 1.